The van der Waals surface area contributed by atoms with Crippen molar-refractivity contribution in [1.82, 2.24) is 9.55 Å². The zero-order chi connectivity index (χ0) is 19.2. The molecule has 8 heteroatoms. The normalized spacial score (nSPS) is 10.9. The lowest BCUT2D eigenvalue weighted by molar-refractivity contribution is -0.113. The summed E-state index contributed by atoms with van der Waals surface area (Å²) >= 11 is 2.69. The Morgan fingerprint density at radius 3 is 2.78 bits per heavy atom. The van der Waals surface area contributed by atoms with E-state index in [1.807, 2.05) is 11.4 Å². The van der Waals surface area contributed by atoms with Gasteiger partial charge >= 0.3 is 0 Å². The third kappa shape index (κ3) is 4.70. The first-order valence-corrected chi connectivity index (χ1v) is 10.5. The summed E-state index contributed by atoms with van der Waals surface area (Å²) in [5.41, 5.74) is 1.36. The molecule has 0 spiro atoms. The van der Waals surface area contributed by atoms with E-state index < -0.39 is 0 Å². The van der Waals surface area contributed by atoms with Gasteiger partial charge in [0.25, 0.3) is 5.56 Å². The number of carbonyl (C=O) groups is 1. The number of nitrogens with zero attached hydrogens (tertiary/aromatic N) is 2. The molecule has 0 saturated carbocycles. The highest BCUT2D eigenvalue weighted by Crippen LogP contribution is 2.22. The number of ether oxygens (including phenoxy) is 1. The van der Waals surface area contributed by atoms with Crippen molar-refractivity contribution in [2.24, 2.45) is 0 Å². The number of hydrogen-bond donors (Lipinski definition) is 1. The van der Waals surface area contributed by atoms with Crippen molar-refractivity contribution in [1.29, 1.82) is 0 Å². The number of methoxy groups -OCH3 is 1. The van der Waals surface area contributed by atoms with E-state index in [-0.39, 0.29) is 17.2 Å². The fourth-order valence-electron chi connectivity index (χ4n) is 2.55. The van der Waals surface area contributed by atoms with Gasteiger partial charge < -0.3 is 10.1 Å². The fourth-order valence-corrected chi connectivity index (χ4v) is 4.15. The van der Waals surface area contributed by atoms with Crippen molar-refractivity contribution in [2.75, 3.05) is 18.2 Å². The molecule has 6 nitrogen and oxygen atoms in total. The average Bonchev–Trinajstić information content (AvgIpc) is 3.15. The summed E-state index contributed by atoms with van der Waals surface area (Å²) in [5.74, 6) is 0.766. The van der Waals surface area contributed by atoms with Crippen molar-refractivity contribution in [2.45, 2.75) is 31.5 Å². The Bertz CT molecular complexity index is 980. The number of amides is 1. The number of nitrogens with one attached hydrogen (secondary N) is 1. The Balaban J connectivity index is 1.72. The lowest BCUT2D eigenvalue weighted by atomic mass is 10.3. The largest absolute Gasteiger partial charge is 0.497 e. The molecule has 2 aromatic heterocycles. The third-order valence-corrected chi connectivity index (χ3v) is 5.84. The molecular formula is C19H21N3O3S2. The first kappa shape index (κ1) is 19.4. The highest BCUT2D eigenvalue weighted by Gasteiger charge is 2.14. The van der Waals surface area contributed by atoms with Crippen LogP contribution in [0.15, 0.2) is 45.7 Å². The quantitative estimate of drug-likeness (QED) is 0.455. The molecular weight excluding hydrogens is 382 g/mol. The number of thiophene rings is 1. The van der Waals surface area contributed by atoms with E-state index in [1.165, 1.54) is 23.1 Å². The Morgan fingerprint density at radius 1 is 1.30 bits per heavy atom. The number of unbranched alkanes of at least 4 members (excludes halogenated alkanes) is 1. The highest BCUT2D eigenvalue weighted by molar-refractivity contribution is 7.99. The number of hydrogen-bond acceptors (Lipinski definition) is 6. The summed E-state index contributed by atoms with van der Waals surface area (Å²) in [6.45, 7) is 2.69. The summed E-state index contributed by atoms with van der Waals surface area (Å²) in [6.07, 6.45) is 1.88. The fraction of sp³-hybridized carbons (Fsp3) is 0.316. The summed E-state index contributed by atoms with van der Waals surface area (Å²) in [5, 5.41) is 5.30. The van der Waals surface area contributed by atoms with E-state index in [4.69, 9.17) is 4.74 Å². The predicted molar refractivity (Wildman–Crippen MR) is 111 cm³/mol. The molecule has 3 aromatic rings. The van der Waals surface area contributed by atoms with Crippen molar-refractivity contribution < 1.29 is 9.53 Å². The van der Waals surface area contributed by atoms with Crippen molar-refractivity contribution in [3.05, 3.63) is 46.1 Å². The predicted octanol–water partition coefficient (Wildman–Crippen LogP) is 4.00. The van der Waals surface area contributed by atoms with Crippen molar-refractivity contribution in [3.63, 3.8) is 0 Å². The summed E-state index contributed by atoms with van der Waals surface area (Å²) in [4.78, 5) is 29.6. The van der Waals surface area contributed by atoms with Crippen LogP contribution in [0.4, 0.5) is 5.69 Å². The van der Waals surface area contributed by atoms with Crippen LogP contribution in [0.1, 0.15) is 19.8 Å². The molecule has 0 aliphatic heterocycles. The summed E-state index contributed by atoms with van der Waals surface area (Å²) < 4.78 is 7.46. The van der Waals surface area contributed by atoms with Crippen LogP contribution in [0.3, 0.4) is 0 Å². The van der Waals surface area contributed by atoms with Gasteiger partial charge in [-0.25, -0.2) is 4.98 Å². The van der Waals surface area contributed by atoms with Crippen LogP contribution in [-0.2, 0) is 11.3 Å². The number of fused-ring (bicyclic) bond motifs is 1. The molecule has 0 bridgehead atoms. The van der Waals surface area contributed by atoms with Gasteiger partial charge in [0.15, 0.2) is 5.16 Å². The van der Waals surface area contributed by atoms with Gasteiger partial charge in [0.1, 0.15) is 10.4 Å². The lowest BCUT2D eigenvalue weighted by Crippen LogP contribution is -2.23. The second-order valence-corrected chi connectivity index (χ2v) is 7.76. The highest BCUT2D eigenvalue weighted by atomic mass is 32.2. The van der Waals surface area contributed by atoms with Crippen LogP contribution in [0.25, 0.3) is 10.2 Å². The van der Waals surface area contributed by atoms with Crippen LogP contribution in [-0.4, -0.2) is 28.3 Å². The van der Waals surface area contributed by atoms with Gasteiger partial charge in [0, 0.05) is 12.2 Å². The lowest BCUT2D eigenvalue weighted by Gasteiger charge is -2.11. The third-order valence-electron chi connectivity index (χ3n) is 3.97. The smallest absolute Gasteiger partial charge is 0.272 e. The van der Waals surface area contributed by atoms with E-state index in [0.717, 1.165) is 18.6 Å². The van der Waals surface area contributed by atoms with Crippen LogP contribution in [0.5, 0.6) is 5.75 Å². The van der Waals surface area contributed by atoms with Crippen LogP contribution in [0, 0.1) is 0 Å². The topological polar surface area (TPSA) is 73.2 Å². The maximum atomic E-state index is 12.7. The molecule has 0 fully saturated rings. The summed E-state index contributed by atoms with van der Waals surface area (Å²) in [7, 11) is 1.60. The Morgan fingerprint density at radius 2 is 2.07 bits per heavy atom. The van der Waals surface area contributed by atoms with E-state index in [0.29, 0.717) is 27.6 Å². The Kier molecular flexibility index (Phi) is 6.52. The Hall–Kier alpha value is -2.32. The zero-order valence-electron chi connectivity index (χ0n) is 15.2. The van der Waals surface area contributed by atoms with Gasteiger partial charge in [0.2, 0.25) is 5.91 Å². The molecule has 2 heterocycles. The SMILES string of the molecule is CCCCn1c(SCC(=O)Nc2ccc(OC)cc2)nc2ccsc2c1=O. The van der Waals surface area contributed by atoms with Gasteiger partial charge in [-0.15, -0.1) is 11.3 Å². The maximum Gasteiger partial charge on any atom is 0.272 e. The first-order valence-electron chi connectivity index (χ1n) is 8.67. The Labute approximate surface area is 165 Å². The van der Waals surface area contributed by atoms with Gasteiger partial charge in [-0.05, 0) is 42.1 Å². The first-order chi connectivity index (χ1) is 13.1. The van der Waals surface area contributed by atoms with E-state index in [1.54, 1.807) is 35.9 Å². The van der Waals surface area contributed by atoms with E-state index in [9.17, 15) is 9.59 Å². The number of thioether (sulfide) groups is 1. The van der Waals surface area contributed by atoms with Gasteiger partial charge in [-0.2, -0.15) is 0 Å². The standard InChI is InChI=1S/C19H21N3O3S2/c1-3-4-10-22-18(24)17-15(9-11-26-17)21-19(22)27-12-16(23)20-13-5-7-14(25-2)8-6-13/h5-9,11H,3-4,10,12H2,1-2H3,(H,20,23). The average molecular weight is 404 g/mol. The van der Waals surface area contributed by atoms with Crippen LogP contribution < -0.4 is 15.6 Å². The molecule has 27 heavy (non-hydrogen) atoms. The molecule has 1 aromatic carbocycles. The van der Waals surface area contributed by atoms with Gasteiger partial charge in [0.05, 0.1) is 18.4 Å². The van der Waals surface area contributed by atoms with Crippen molar-refractivity contribution in [3.8, 4) is 5.75 Å². The second kappa shape index (κ2) is 9.05. The molecule has 0 unspecified atom stereocenters. The number of aromatic nitrogens is 2. The molecule has 1 N–H and O–H groups in total. The zero-order valence-corrected chi connectivity index (χ0v) is 16.9. The van der Waals surface area contributed by atoms with Crippen molar-refractivity contribution >= 4 is 44.9 Å². The van der Waals surface area contributed by atoms with Gasteiger partial charge in [-0.1, -0.05) is 25.1 Å². The number of benzene rings is 1. The van der Waals surface area contributed by atoms with E-state index >= 15 is 0 Å². The van der Waals surface area contributed by atoms with Crippen LogP contribution >= 0.6 is 23.1 Å². The summed E-state index contributed by atoms with van der Waals surface area (Å²) in [6, 6.07) is 8.99. The molecule has 3 rings (SSSR count). The number of carbonyl (C=O) groups excluding carboxylic acids is 1. The van der Waals surface area contributed by atoms with E-state index in [2.05, 4.69) is 17.2 Å². The van der Waals surface area contributed by atoms with Crippen LogP contribution in [0.2, 0.25) is 0 Å². The molecule has 1 amide bonds. The maximum absolute atomic E-state index is 12.7. The number of rotatable bonds is 8. The number of anilines is 1. The molecule has 0 atom stereocenters. The minimum Gasteiger partial charge on any atom is -0.497 e. The minimum atomic E-state index is -0.146. The molecule has 0 aliphatic carbocycles. The second-order valence-electron chi connectivity index (χ2n) is 5.91. The van der Waals surface area contributed by atoms with Gasteiger partial charge in [-0.3, -0.25) is 14.2 Å². The minimum absolute atomic E-state index is 0.0264. The molecule has 0 radical (unpaired) electrons. The molecule has 0 aliphatic rings. The molecule has 0 saturated heterocycles. The molecule has 142 valence electrons. The monoisotopic (exact) mass is 403 g/mol.